The highest BCUT2D eigenvalue weighted by Gasteiger charge is 2.19. The van der Waals surface area contributed by atoms with Gasteiger partial charge in [-0.2, -0.15) is 0 Å². The second-order valence-corrected chi connectivity index (χ2v) is 6.29. The maximum absolute atomic E-state index is 13.1. The number of ether oxygens (including phenoxy) is 1. The van der Waals surface area contributed by atoms with Crippen molar-refractivity contribution in [2.75, 3.05) is 11.9 Å². The van der Waals surface area contributed by atoms with Crippen LogP contribution in [-0.4, -0.2) is 28.5 Å². The summed E-state index contributed by atoms with van der Waals surface area (Å²) in [4.78, 5) is 33.3. The van der Waals surface area contributed by atoms with Crippen LogP contribution in [0.2, 0.25) is 0 Å². The molecule has 1 amide bonds. The normalized spacial score (nSPS) is 10.4. The Morgan fingerprint density at radius 3 is 2.36 bits per heavy atom. The van der Waals surface area contributed by atoms with Crippen molar-refractivity contribution in [1.82, 2.24) is 9.97 Å². The number of nitrogens with zero attached hydrogens (tertiary/aromatic N) is 2. The molecule has 0 spiro atoms. The van der Waals surface area contributed by atoms with E-state index in [1.807, 2.05) is 26.0 Å². The predicted molar refractivity (Wildman–Crippen MR) is 107 cm³/mol. The van der Waals surface area contributed by atoms with Crippen LogP contribution in [0, 0.1) is 13.8 Å². The summed E-state index contributed by atoms with van der Waals surface area (Å²) < 4.78 is 4.97. The van der Waals surface area contributed by atoms with Crippen LogP contribution in [0.25, 0.3) is 11.3 Å². The van der Waals surface area contributed by atoms with E-state index in [1.165, 1.54) is 0 Å². The minimum absolute atomic E-state index is 0.245. The summed E-state index contributed by atoms with van der Waals surface area (Å²) in [6.07, 6.45) is 4.85. The van der Waals surface area contributed by atoms with Crippen molar-refractivity contribution >= 4 is 17.6 Å². The number of aromatic nitrogens is 2. The average molecular weight is 375 g/mol. The first-order chi connectivity index (χ1) is 13.5. The van der Waals surface area contributed by atoms with Crippen molar-refractivity contribution in [2.24, 2.45) is 0 Å². The number of aryl methyl sites for hydroxylation is 2. The minimum atomic E-state index is -0.389. The number of carbonyl (C=O) groups excluding carboxylic acids is 2. The zero-order chi connectivity index (χ0) is 20.1. The maximum Gasteiger partial charge on any atom is 0.338 e. The van der Waals surface area contributed by atoms with Gasteiger partial charge in [-0.3, -0.25) is 14.8 Å². The summed E-state index contributed by atoms with van der Waals surface area (Å²) in [5.41, 5.74) is 4.76. The molecule has 0 unspecified atom stereocenters. The number of rotatable bonds is 5. The number of esters is 1. The molecule has 0 aliphatic rings. The van der Waals surface area contributed by atoms with E-state index in [0.717, 1.165) is 16.7 Å². The van der Waals surface area contributed by atoms with Crippen LogP contribution in [0.5, 0.6) is 0 Å². The molecule has 6 heteroatoms. The molecular formula is C22H21N3O3. The van der Waals surface area contributed by atoms with Crippen molar-refractivity contribution in [3.05, 3.63) is 77.2 Å². The molecule has 1 N–H and O–H groups in total. The lowest BCUT2D eigenvalue weighted by Gasteiger charge is -2.15. The van der Waals surface area contributed by atoms with Crippen LogP contribution < -0.4 is 5.32 Å². The number of hydrogen-bond donors (Lipinski definition) is 1. The van der Waals surface area contributed by atoms with Gasteiger partial charge in [0.2, 0.25) is 0 Å². The zero-order valence-corrected chi connectivity index (χ0v) is 16.0. The van der Waals surface area contributed by atoms with Gasteiger partial charge in [-0.25, -0.2) is 4.79 Å². The molecule has 142 valence electrons. The lowest BCUT2D eigenvalue weighted by atomic mass is 9.94. The standard InChI is InChI=1S/C22H21N3O3/c1-4-28-22(27)16-7-9-17(10-8-16)25-21(26)20-15(3)6-5-14(2)19(20)18-13-23-11-12-24-18/h5-13H,4H2,1-3H3,(H,25,26). The van der Waals surface area contributed by atoms with Crippen molar-refractivity contribution in [2.45, 2.75) is 20.8 Å². The molecule has 0 saturated heterocycles. The summed E-state index contributed by atoms with van der Waals surface area (Å²) in [6.45, 7) is 5.90. The summed E-state index contributed by atoms with van der Waals surface area (Å²) >= 11 is 0. The second kappa shape index (κ2) is 8.43. The molecule has 3 aromatic rings. The third-order valence-corrected chi connectivity index (χ3v) is 4.32. The number of anilines is 1. The van der Waals surface area contributed by atoms with Gasteiger partial charge in [-0.15, -0.1) is 0 Å². The minimum Gasteiger partial charge on any atom is -0.462 e. The highest BCUT2D eigenvalue weighted by molar-refractivity contribution is 6.10. The highest BCUT2D eigenvalue weighted by Crippen LogP contribution is 2.29. The second-order valence-electron chi connectivity index (χ2n) is 6.29. The Hall–Kier alpha value is -3.54. The molecule has 0 saturated carbocycles. The van der Waals surface area contributed by atoms with Gasteiger partial charge in [-0.1, -0.05) is 12.1 Å². The molecule has 6 nitrogen and oxygen atoms in total. The number of carbonyl (C=O) groups is 2. The molecule has 2 aromatic carbocycles. The monoisotopic (exact) mass is 375 g/mol. The third kappa shape index (κ3) is 4.06. The van der Waals surface area contributed by atoms with Crippen molar-refractivity contribution in [3.8, 4) is 11.3 Å². The van der Waals surface area contributed by atoms with Gasteiger partial charge < -0.3 is 10.1 Å². The summed E-state index contributed by atoms with van der Waals surface area (Å²) in [6, 6.07) is 10.5. The van der Waals surface area contributed by atoms with Gasteiger partial charge in [0.25, 0.3) is 5.91 Å². The van der Waals surface area contributed by atoms with Crippen molar-refractivity contribution in [3.63, 3.8) is 0 Å². The van der Waals surface area contributed by atoms with E-state index in [4.69, 9.17) is 4.74 Å². The zero-order valence-electron chi connectivity index (χ0n) is 16.0. The quantitative estimate of drug-likeness (QED) is 0.676. The van der Waals surface area contributed by atoms with Gasteiger partial charge in [0.15, 0.2) is 0 Å². The molecule has 28 heavy (non-hydrogen) atoms. The Morgan fingerprint density at radius 1 is 1.00 bits per heavy atom. The molecular weight excluding hydrogens is 354 g/mol. The molecule has 3 rings (SSSR count). The first kappa shape index (κ1) is 19.2. The number of hydrogen-bond acceptors (Lipinski definition) is 5. The third-order valence-electron chi connectivity index (χ3n) is 4.32. The summed E-state index contributed by atoms with van der Waals surface area (Å²) in [5.74, 6) is -0.634. The van der Waals surface area contributed by atoms with E-state index in [1.54, 1.807) is 49.8 Å². The Bertz CT molecular complexity index is 1000. The first-order valence-electron chi connectivity index (χ1n) is 8.96. The van der Waals surface area contributed by atoms with Gasteiger partial charge in [0.1, 0.15) is 0 Å². The molecule has 1 aromatic heterocycles. The lowest BCUT2D eigenvalue weighted by Crippen LogP contribution is -2.16. The molecule has 0 bridgehead atoms. The van der Waals surface area contributed by atoms with E-state index < -0.39 is 0 Å². The smallest absolute Gasteiger partial charge is 0.338 e. The Kier molecular flexibility index (Phi) is 5.79. The summed E-state index contributed by atoms with van der Waals surface area (Å²) in [7, 11) is 0. The highest BCUT2D eigenvalue weighted by atomic mass is 16.5. The van der Waals surface area contributed by atoms with Crippen LogP contribution >= 0.6 is 0 Å². The van der Waals surface area contributed by atoms with Crippen LogP contribution in [-0.2, 0) is 4.74 Å². The van der Waals surface area contributed by atoms with Crippen molar-refractivity contribution in [1.29, 1.82) is 0 Å². The topological polar surface area (TPSA) is 81.2 Å². The molecule has 1 heterocycles. The fourth-order valence-corrected chi connectivity index (χ4v) is 2.96. The SMILES string of the molecule is CCOC(=O)c1ccc(NC(=O)c2c(C)ccc(C)c2-c2cnccn2)cc1. The average Bonchev–Trinajstić information content (AvgIpc) is 2.70. The van der Waals surface area contributed by atoms with Gasteiger partial charge in [-0.05, 0) is 56.2 Å². The van der Waals surface area contributed by atoms with Crippen LogP contribution in [0.15, 0.2) is 55.0 Å². The molecule has 0 aliphatic carbocycles. The van der Waals surface area contributed by atoms with E-state index in [2.05, 4.69) is 15.3 Å². The van der Waals surface area contributed by atoms with Gasteiger partial charge in [0.05, 0.1) is 29.6 Å². The van der Waals surface area contributed by atoms with E-state index in [9.17, 15) is 9.59 Å². The van der Waals surface area contributed by atoms with Gasteiger partial charge >= 0.3 is 5.97 Å². The first-order valence-corrected chi connectivity index (χ1v) is 8.96. The molecule has 0 aliphatic heterocycles. The van der Waals surface area contributed by atoms with Crippen LogP contribution in [0.3, 0.4) is 0 Å². The predicted octanol–water partition coefficient (Wildman–Crippen LogP) is 4.19. The number of amides is 1. The van der Waals surface area contributed by atoms with Gasteiger partial charge in [0, 0.05) is 23.6 Å². The maximum atomic E-state index is 13.1. The Balaban J connectivity index is 1.91. The van der Waals surface area contributed by atoms with Crippen LogP contribution in [0.4, 0.5) is 5.69 Å². The Labute approximate surface area is 163 Å². The van der Waals surface area contributed by atoms with E-state index in [0.29, 0.717) is 29.1 Å². The van der Waals surface area contributed by atoms with E-state index >= 15 is 0 Å². The number of nitrogens with one attached hydrogen (secondary N) is 1. The molecule has 0 atom stereocenters. The largest absolute Gasteiger partial charge is 0.462 e. The van der Waals surface area contributed by atoms with E-state index in [-0.39, 0.29) is 11.9 Å². The van der Waals surface area contributed by atoms with Crippen molar-refractivity contribution < 1.29 is 14.3 Å². The molecule has 0 radical (unpaired) electrons. The summed E-state index contributed by atoms with van der Waals surface area (Å²) in [5, 5.41) is 2.90. The van der Waals surface area contributed by atoms with Crippen LogP contribution in [0.1, 0.15) is 38.8 Å². The number of benzene rings is 2. The molecule has 0 fully saturated rings. The lowest BCUT2D eigenvalue weighted by molar-refractivity contribution is 0.0526. The fourth-order valence-electron chi connectivity index (χ4n) is 2.96. The fraction of sp³-hybridized carbons (Fsp3) is 0.182. The Morgan fingerprint density at radius 2 is 1.71 bits per heavy atom.